The van der Waals surface area contributed by atoms with Gasteiger partial charge in [0.2, 0.25) is 0 Å². The van der Waals surface area contributed by atoms with Crippen LogP contribution in [0.5, 0.6) is 0 Å². The standard InChI is InChI=1S/C22H20N2O4S/c1-14-5-3-7-17(9-14)22-24-19(13-29-22)11-21(27)28-12-20(26)23-18-8-4-6-16(10-18)15(2)25/h3-10,13H,11-12H2,1-2H3,(H,23,26). The van der Waals surface area contributed by atoms with Crippen molar-refractivity contribution < 1.29 is 19.1 Å². The second-order valence-electron chi connectivity index (χ2n) is 6.54. The first-order valence-corrected chi connectivity index (χ1v) is 9.86. The van der Waals surface area contributed by atoms with Crippen molar-refractivity contribution in [1.82, 2.24) is 4.98 Å². The molecule has 1 amide bonds. The van der Waals surface area contributed by atoms with Crippen molar-refractivity contribution >= 4 is 34.7 Å². The highest BCUT2D eigenvalue weighted by Gasteiger charge is 2.12. The summed E-state index contributed by atoms with van der Waals surface area (Å²) < 4.78 is 5.04. The van der Waals surface area contributed by atoms with Crippen molar-refractivity contribution in [2.75, 3.05) is 11.9 Å². The number of carbonyl (C=O) groups excluding carboxylic acids is 3. The number of esters is 1. The summed E-state index contributed by atoms with van der Waals surface area (Å²) in [5.74, 6) is -1.10. The van der Waals surface area contributed by atoms with Gasteiger partial charge in [-0.2, -0.15) is 0 Å². The zero-order chi connectivity index (χ0) is 20.8. The topological polar surface area (TPSA) is 85.4 Å². The second-order valence-corrected chi connectivity index (χ2v) is 7.39. The highest BCUT2D eigenvalue weighted by Crippen LogP contribution is 2.24. The number of hydrogen-bond donors (Lipinski definition) is 1. The van der Waals surface area contributed by atoms with Gasteiger partial charge in [0.1, 0.15) is 5.01 Å². The Balaban J connectivity index is 1.50. The van der Waals surface area contributed by atoms with E-state index in [9.17, 15) is 14.4 Å². The van der Waals surface area contributed by atoms with Crippen molar-refractivity contribution in [2.24, 2.45) is 0 Å². The molecule has 0 aliphatic carbocycles. The molecule has 0 unspecified atom stereocenters. The van der Waals surface area contributed by atoms with E-state index in [0.29, 0.717) is 16.9 Å². The Morgan fingerprint density at radius 1 is 1.10 bits per heavy atom. The van der Waals surface area contributed by atoms with Crippen LogP contribution < -0.4 is 5.32 Å². The van der Waals surface area contributed by atoms with Crippen LogP contribution in [0, 0.1) is 6.92 Å². The number of aryl methyl sites for hydroxylation is 1. The number of thiazole rings is 1. The fourth-order valence-electron chi connectivity index (χ4n) is 2.66. The number of aromatic nitrogens is 1. The third kappa shape index (κ3) is 5.83. The molecular weight excluding hydrogens is 388 g/mol. The Hall–Kier alpha value is -3.32. The average molecular weight is 408 g/mol. The molecule has 148 valence electrons. The number of nitrogens with one attached hydrogen (secondary N) is 1. The number of Topliss-reactive ketones (excluding diaryl/α,β-unsaturated/α-hetero) is 1. The van der Waals surface area contributed by atoms with E-state index in [4.69, 9.17) is 4.74 Å². The minimum absolute atomic E-state index is 0.00455. The number of anilines is 1. The van der Waals surface area contributed by atoms with Gasteiger partial charge in [0.15, 0.2) is 12.4 Å². The summed E-state index contributed by atoms with van der Waals surface area (Å²) >= 11 is 1.46. The van der Waals surface area contributed by atoms with E-state index in [-0.39, 0.29) is 12.2 Å². The third-order valence-electron chi connectivity index (χ3n) is 4.06. The Morgan fingerprint density at radius 3 is 2.66 bits per heavy atom. The van der Waals surface area contributed by atoms with Crippen molar-refractivity contribution in [3.8, 4) is 10.6 Å². The number of ether oxygens (including phenoxy) is 1. The maximum atomic E-state index is 12.0. The quantitative estimate of drug-likeness (QED) is 0.471. The lowest BCUT2D eigenvalue weighted by Gasteiger charge is -2.07. The van der Waals surface area contributed by atoms with Gasteiger partial charge in [-0.05, 0) is 32.0 Å². The molecule has 3 rings (SSSR count). The first kappa shape index (κ1) is 20.4. The molecule has 29 heavy (non-hydrogen) atoms. The van der Waals surface area contributed by atoms with Crippen LogP contribution >= 0.6 is 11.3 Å². The van der Waals surface area contributed by atoms with Crippen molar-refractivity contribution in [3.63, 3.8) is 0 Å². The van der Waals surface area contributed by atoms with E-state index in [1.807, 2.05) is 36.6 Å². The van der Waals surface area contributed by atoms with Gasteiger partial charge < -0.3 is 10.1 Å². The number of amides is 1. The monoisotopic (exact) mass is 408 g/mol. The molecule has 0 aliphatic rings. The van der Waals surface area contributed by atoms with E-state index in [0.717, 1.165) is 16.1 Å². The van der Waals surface area contributed by atoms with E-state index < -0.39 is 18.5 Å². The Labute approximate surface area is 172 Å². The van der Waals surface area contributed by atoms with E-state index in [1.165, 1.54) is 18.3 Å². The highest BCUT2D eigenvalue weighted by atomic mass is 32.1. The number of ketones is 1. The molecule has 1 N–H and O–H groups in total. The van der Waals surface area contributed by atoms with Gasteiger partial charge in [-0.3, -0.25) is 14.4 Å². The van der Waals surface area contributed by atoms with Crippen LogP contribution in [-0.2, 0) is 20.7 Å². The molecule has 7 heteroatoms. The van der Waals surface area contributed by atoms with Crippen LogP contribution in [-0.4, -0.2) is 29.3 Å². The Kier molecular flexibility index (Phi) is 6.51. The van der Waals surface area contributed by atoms with Gasteiger partial charge in [-0.1, -0.05) is 35.9 Å². The van der Waals surface area contributed by atoms with Crippen molar-refractivity contribution in [1.29, 1.82) is 0 Å². The summed E-state index contributed by atoms with van der Waals surface area (Å²) in [7, 11) is 0. The molecule has 1 aromatic heterocycles. The zero-order valence-corrected chi connectivity index (χ0v) is 16.9. The second kappa shape index (κ2) is 9.25. The van der Waals surface area contributed by atoms with E-state index >= 15 is 0 Å². The largest absolute Gasteiger partial charge is 0.455 e. The molecule has 0 saturated heterocycles. The molecule has 6 nitrogen and oxygen atoms in total. The molecule has 0 radical (unpaired) electrons. The molecule has 0 saturated carbocycles. The molecule has 2 aromatic carbocycles. The smallest absolute Gasteiger partial charge is 0.312 e. The van der Waals surface area contributed by atoms with Gasteiger partial charge in [0, 0.05) is 22.2 Å². The summed E-state index contributed by atoms with van der Waals surface area (Å²) in [4.78, 5) is 39.9. The summed E-state index contributed by atoms with van der Waals surface area (Å²) in [5.41, 5.74) is 3.71. The summed E-state index contributed by atoms with van der Waals surface area (Å²) in [5, 5.41) is 5.25. The summed E-state index contributed by atoms with van der Waals surface area (Å²) in [6, 6.07) is 14.6. The predicted octanol–water partition coefficient (Wildman–Crippen LogP) is 4.05. The molecule has 0 atom stereocenters. The van der Waals surface area contributed by atoms with Crippen LogP contribution in [0.1, 0.15) is 28.5 Å². The van der Waals surface area contributed by atoms with Crippen LogP contribution in [0.15, 0.2) is 53.9 Å². The minimum Gasteiger partial charge on any atom is -0.455 e. The summed E-state index contributed by atoms with van der Waals surface area (Å²) in [6.45, 7) is 3.06. The highest BCUT2D eigenvalue weighted by molar-refractivity contribution is 7.13. The average Bonchev–Trinajstić information content (AvgIpc) is 3.15. The van der Waals surface area contributed by atoms with E-state index in [2.05, 4.69) is 10.3 Å². The lowest BCUT2D eigenvalue weighted by molar-refractivity contribution is -0.146. The third-order valence-corrected chi connectivity index (χ3v) is 5.00. The maximum absolute atomic E-state index is 12.0. The van der Waals surface area contributed by atoms with Gasteiger partial charge in [0.25, 0.3) is 5.91 Å². The number of hydrogen-bond acceptors (Lipinski definition) is 6. The van der Waals surface area contributed by atoms with Crippen molar-refractivity contribution in [3.05, 3.63) is 70.7 Å². The van der Waals surface area contributed by atoms with Gasteiger partial charge >= 0.3 is 5.97 Å². The summed E-state index contributed by atoms with van der Waals surface area (Å²) in [6.07, 6.45) is -0.00455. The van der Waals surface area contributed by atoms with Crippen LogP contribution in [0.25, 0.3) is 10.6 Å². The molecular formula is C22H20N2O4S. The Morgan fingerprint density at radius 2 is 1.90 bits per heavy atom. The van der Waals surface area contributed by atoms with Gasteiger partial charge in [0.05, 0.1) is 12.1 Å². The van der Waals surface area contributed by atoms with Crippen LogP contribution in [0.2, 0.25) is 0 Å². The zero-order valence-electron chi connectivity index (χ0n) is 16.1. The first-order chi connectivity index (χ1) is 13.9. The molecule has 0 fully saturated rings. The SMILES string of the molecule is CC(=O)c1cccc(NC(=O)COC(=O)Cc2csc(-c3cccc(C)c3)n2)c1. The Bertz CT molecular complexity index is 1060. The van der Waals surface area contributed by atoms with Crippen LogP contribution in [0.4, 0.5) is 5.69 Å². The number of rotatable bonds is 7. The minimum atomic E-state index is -0.529. The lowest BCUT2D eigenvalue weighted by Crippen LogP contribution is -2.21. The number of nitrogens with zero attached hydrogens (tertiary/aromatic N) is 1. The normalized spacial score (nSPS) is 10.4. The number of carbonyl (C=O) groups is 3. The number of benzene rings is 2. The fourth-order valence-corrected chi connectivity index (χ4v) is 3.47. The fraction of sp³-hybridized carbons (Fsp3) is 0.182. The van der Waals surface area contributed by atoms with Crippen LogP contribution in [0.3, 0.4) is 0 Å². The molecule has 0 spiro atoms. The maximum Gasteiger partial charge on any atom is 0.312 e. The molecule has 3 aromatic rings. The van der Waals surface area contributed by atoms with Gasteiger partial charge in [-0.25, -0.2) is 4.98 Å². The van der Waals surface area contributed by atoms with Gasteiger partial charge in [-0.15, -0.1) is 11.3 Å². The predicted molar refractivity (Wildman–Crippen MR) is 112 cm³/mol. The van der Waals surface area contributed by atoms with E-state index in [1.54, 1.807) is 24.3 Å². The van der Waals surface area contributed by atoms with Crippen molar-refractivity contribution in [2.45, 2.75) is 20.3 Å². The molecule has 0 aliphatic heterocycles. The molecule has 0 bridgehead atoms. The first-order valence-electron chi connectivity index (χ1n) is 8.98. The lowest BCUT2D eigenvalue weighted by atomic mass is 10.1. The molecule has 1 heterocycles.